The second-order valence-electron chi connectivity index (χ2n) is 6.05. The van der Waals surface area contributed by atoms with Crippen LogP contribution in [-0.2, 0) is 0 Å². The Morgan fingerprint density at radius 3 is 2.58 bits per heavy atom. The van der Waals surface area contributed by atoms with Gasteiger partial charge in [0.1, 0.15) is 17.5 Å². The molecule has 1 heterocycles. The van der Waals surface area contributed by atoms with Crippen LogP contribution in [0.4, 0.5) is 11.6 Å². The molecule has 19 heavy (non-hydrogen) atoms. The number of nitrogens with one attached hydrogen (secondary N) is 2. The van der Waals surface area contributed by atoms with Gasteiger partial charge in [-0.15, -0.1) is 0 Å². The Morgan fingerprint density at radius 2 is 1.95 bits per heavy atom. The summed E-state index contributed by atoms with van der Waals surface area (Å²) in [6.45, 7) is 4.92. The van der Waals surface area contributed by atoms with Crippen molar-refractivity contribution in [2.75, 3.05) is 17.3 Å². The zero-order chi connectivity index (χ0) is 13.4. The summed E-state index contributed by atoms with van der Waals surface area (Å²) in [7, 11) is 0. The quantitative estimate of drug-likeness (QED) is 0.572. The van der Waals surface area contributed by atoms with Gasteiger partial charge < -0.3 is 10.7 Å². The molecule has 2 aliphatic rings. The number of aryl methyl sites for hydroxylation is 1. The van der Waals surface area contributed by atoms with Gasteiger partial charge in [-0.05, 0) is 50.9 Å². The van der Waals surface area contributed by atoms with Crippen molar-refractivity contribution in [3.8, 4) is 0 Å². The van der Waals surface area contributed by atoms with Crippen molar-refractivity contribution in [1.29, 1.82) is 0 Å². The highest BCUT2D eigenvalue weighted by molar-refractivity contribution is 5.56. The van der Waals surface area contributed by atoms with Gasteiger partial charge in [0.15, 0.2) is 0 Å². The van der Waals surface area contributed by atoms with Gasteiger partial charge in [0.25, 0.3) is 0 Å². The molecule has 0 spiro atoms. The molecule has 2 fully saturated rings. The van der Waals surface area contributed by atoms with Gasteiger partial charge in [0, 0.05) is 12.1 Å². The van der Waals surface area contributed by atoms with Crippen molar-refractivity contribution in [2.24, 2.45) is 23.6 Å². The Bertz CT molecular complexity index is 473. The van der Waals surface area contributed by atoms with Crippen LogP contribution < -0.4 is 16.6 Å². The Hall–Kier alpha value is -1.36. The summed E-state index contributed by atoms with van der Waals surface area (Å²) in [6, 6.07) is 0. The number of fused-ring (bicyclic) bond motifs is 2. The lowest BCUT2D eigenvalue weighted by Gasteiger charge is -2.23. The van der Waals surface area contributed by atoms with E-state index in [9.17, 15) is 0 Å². The van der Waals surface area contributed by atoms with Gasteiger partial charge in [-0.25, -0.2) is 15.8 Å². The fraction of sp³-hybridized carbons (Fsp3) is 0.714. The SMILES string of the molecule is Cc1nc(NN)c(C)c(NCC2CC3CCC2C3)n1. The Morgan fingerprint density at radius 1 is 1.16 bits per heavy atom. The summed E-state index contributed by atoms with van der Waals surface area (Å²) in [5, 5.41) is 3.51. The van der Waals surface area contributed by atoms with Gasteiger partial charge in [-0.2, -0.15) is 0 Å². The molecule has 1 aromatic rings. The summed E-state index contributed by atoms with van der Waals surface area (Å²) in [4.78, 5) is 8.77. The van der Waals surface area contributed by atoms with E-state index in [-0.39, 0.29) is 0 Å². The van der Waals surface area contributed by atoms with Gasteiger partial charge in [0.2, 0.25) is 0 Å². The molecule has 0 amide bonds. The number of rotatable bonds is 4. The van der Waals surface area contributed by atoms with E-state index in [2.05, 4.69) is 20.7 Å². The second kappa shape index (κ2) is 4.96. The maximum Gasteiger partial charge on any atom is 0.148 e. The molecule has 4 N–H and O–H groups in total. The van der Waals surface area contributed by atoms with Crippen molar-refractivity contribution in [3.63, 3.8) is 0 Å². The van der Waals surface area contributed by atoms with E-state index in [1.807, 2.05) is 13.8 Å². The molecule has 1 aromatic heterocycles. The molecule has 0 radical (unpaired) electrons. The number of hydrogen-bond acceptors (Lipinski definition) is 5. The Balaban J connectivity index is 1.68. The molecule has 3 rings (SSSR count). The molecule has 2 bridgehead atoms. The van der Waals surface area contributed by atoms with Crippen LogP contribution in [0.3, 0.4) is 0 Å². The summed E-state index contributed by atoms with van der Waals surface area (Å²) < 4.78 is 0. The molecule has 3 atom stereocenters. The molecule has 2 aliphatic carbocycles. The average molecular weight is 261 g/mol. The number of nitrogens with two attached hydrogens (primary N) is 1. The van der Waals surface area contributed by atoms with Crippen LogP contribution in [0.15, 0.2) is 0 Å². The first-order chi connectivity index (χ1) is 9.17. The minimum atomic E-state index is 0.711. The van der Waals surface area contributed by atoms with Crippen LogP contribution in [0.5, 0.6) is 0 Å². The maximum absolute atomic E-state index is 5.49. The highest BCUT2D eigenvalue weighted by Crippen LogP contribution is 2.48. The van der Waals surface area contributed by atoms with E-state index in [0.29, 0.717) is 5.82 Å². The topological polar surface area (TPSA) is 75.9 Å². The Labute approximate surface area is 114 Å². The first-order valence-electron chi connectivity index (χ1n) is 7.23. The Kier molecular flexibility index (Phi) is 3.31. The molecular formula is C14H23N5. The summed E-state index contributed by atoms with van der Waals surface area (Å²) in [5.74, 6) is 10.6. The fourth-order valence-corrected chi connectivity index (χ4v) is 3.80. The zero-order valence-corrected chi connectivity index (χ0v) is 11.7. The van der Waals surface area contributed by atoms with Crippen molar-refractivity contribution < 1.29 is 0 Å². The molecule has 5 nitrogen and oxygen atoms in total. The van der Waals surface area contributed by atoms with Crippen molar-refractivity contribution in [3.05, 3.63) is 11.4 Å². The van der Waals surface area contributed by atoms with Crippen LogP contribution in [0, 0.1) is 31.6 Å². The van der Waals surface area contributed by atoms with Crippen LogP contribution in [0.1, 0.15) is 37.1 Å². The van der Waals surface area contributed by atoms with Gasteiger partial charge in [0.05, 0.1) is 0 Å². The summed E-state index contributed by atoms with van der Waals surface area (Å²) >= 11 is 0. The monoisotopic (exact) mass is 261 g/mol. The number of aromatic nitrogens is 2. The van der Waals surface area contributed by atoms with Crippen molar-refractivity contribution in [1.82, 2.24) is 9.97 Å². The highest BCUT2D eigenvalue weighted by Gasteiger charge is 2.39. The minimum Gasteiger partial charge on any atom is -0.369 e. The smallest absolute Gasteiger partial charge is 0.148 e. The largest absolute Gasteiger partial charge is 0.369 e. The first kappa shape index (κ1) is 12.7. The van der Waals surface area contributed by atoms with Crippen LogP contribution in [0.25, 0.3) is 0 Å². The average Bonchev–Trinajstić information content (AvgIpc) is 3.01. The van der Waals surface area contributed by atoms with E-state index in [4.69, 9.17) is 5.84 Å². The van der Waals surface area contributed by atoms with Crippen molar-refractivity contribution >= 4 is 11.6 Å². The maximum atomic E-state index is 5.49. The predicted molar refractivity (Wildman–Crippen MR) is 76.7 cm³/mol. The lowest BCUT2D eigenvalue weighted by atomic mass is 9.89. The minimum absolute atomic E-state index is 0.711. The molecule has 2 saturated carbocycles. The molecule has 0 aliphatic heterocycles. The van der Waals surface area contributed by atoms with E-state index >= 15 is 0 Å². The van der Waals surface area contributed by atoms with Crippen LogP contribution >= 0.6 is 0 Å². The molecule has 0 aromatic carbocycles. The third-order valence-electron chi connectivity index (χ3n) is 4.81. The lowest BCUT2D eigenvalue weighted by molar-refractivity contribution is 0.348. The number of nitrogens with zero attached hydrogens (tertiary/aromatic N) is 2. The van der Waals surface area contributed by atoms with Gasteiger partial charge in [-0.1, -0.05) is 6.42 Å². The predicted octanol–water partition coefficient (Wildman–Crippen LogP) is 2.23. The van der Waals surface area contributed by atoms with Crippen LogP contribution in [0.2, 0.25) is 0 Å². The molecule has 0 saturated heterocycles. The number of anilines is 2. The first-order valence-corrected chi connectivity index (χ1v) is 7.23. The van der Waals surface area contributed by atoms with E-state index in [1.54, 1.807) is 0 Å². The number of nitrogen functional groups attached to an aromatic ring is 1. The molecule has 3 unspecified atom stereocenters. The van der Waals surface area contributed by atoms with E-state index in [1.165, 1.54) is 25.7 Å². The standard InChI is InChI=1S/C14H23N5/c1-8-13(17-9(2)18-14(8)19-15)16-7-12-6-10-3-4-11(12)5-10/h10-12H,3-7,15H2,1-2H3,(H2,16,17,18,19). The second-order valence-corrected chi connectivity index (χ2v) is 6.05. The van der Waals surface area contributed by atoms with Gasteiger partial charge in [-0.3, -0.25) is 0 Å². The van der Waals surface area contributed by atoms with Crippen LogP contribution in [-0.4, -0.2) is 16.5 Å². The normalized spacial score (nSPS) is 28.7. The number of hydrogen-bond donors (Lipinski definition) is 3. The molecule has 5 heteroatoms. The summed E-state index contributed by atoms with van der Waals surface area (Å²) in [6.07, 6.45) is 5.72. The molecular weight excluding hydrogens is 238 g/mol. The van der Waals surface area contributed by atoms with Crippen molar-refractivity contribution in [2.45, 2.75) is 39.5 Å². The highest BCUT2D eigenvalue weighted by atomic mass is 15.3. The molecule has 104 valence electrons. The van der Waals surface area contributed by atoms with Gasteiger partial charge >= 0.3 is 0 Å². The van der Waals surface area contributed by atoms with E-state index in [0.717, 1.165) is 41.5 Å². The lowest BCUT2D eigenvalue weighted by Crippen LogP contribution is -2.22. The fourth-order valence-electron chi connectivity index (χ4n) is 3.80. The zero-order valence-electron chi connectivity index (χ0n) is 11.7. The summed E-state index contributed by atoms with van der Waals surface area (Å²) in [5.41, 5.74) is 3.64. The van der Waals surface area contributed by atoms with E-state index < -0.39 is 0 Å². The third kappa shape index (κ3) is 2.39. The third-order valence-corrected chi connectivity index (χ3v) is 4.81. The number of hydrazine groups is 1.